The van der Waals surface area contributed by atoms with E-state index in [9.17, 15) is 5.11 Å². The van der Waals surface area contributed by atoms with Gasteiger partial charge in [0.25, 0.3) is 0 Å². The SMILES string of the molecule is CC1(O)CCCN(c2cccc(Cl)c2C#N)C1. The summed E-state index contributed by atoms with van der Waals surface area (Å²) in [6.07, 6.45) is 1.72. The molecule has 0 bridgehead atoms. The summed E-state index contributed by atoms with van der Waals surface area (Å²) in [5.74, 6) is 0. The molecule has 1 aliphatic rings. The van der Waals surface area contributed by atoms with Gasteiger partial charge in [-0.2, -0.15) is 5.26 Å². The van der Waals surface area contributed by atoms with Crippen LogP contribution in [0, 0.1) is 11.3 Å². The molecule has 3 nitrogen and oxygen atoms in total. The van der Waals surface area contributed by atoms with Crippen LogP contribution in [0.3, 0.4) is 0 Å². The van der Waals surface area contributed by atoms with Gasteiger partial charge in [0.05, 0.1) is 21.9 Å². The average Bonchev–Trinajstić information content (AvgIpc) is 2.27. The van der Waals surface area contributed by atoms with Gasteiger partial charge in [0.1, 0.15) is 6.07 Å². The molecule has 4 heteroatoms. The summed E-state index contributed by atoms with van der Waals surface area (Å²) in [6, 6.07) is 7.56. The number of hydrogen-bond donors (Lipinski definition) is 1. The maximum absolute atomic E-state index is 10.1. The van der Waals surface area contributed by atoms with Gasteiger partial charge >= 0.3 is 0 Å². The molecule has 1 fully saturated rings. The van der Waals surface area contributed by atoms with E-state index in [1.54, 1.807) is 6.07 Å². The van der Waals surface area contributed by atoms with Crippen molar-refractivity contribution in [2.45, 2.75) is 25.4 Å². The highest BCUT2D eigenvalue weighted by atomic mass is 35.5. The van der Waals surface area contributed by atoms with E-state index in [2.05, 4.69) is 6.07 Å². The Balaban J connectivity index is 2.35. The van der Waals surface area contributed by atoms with E-state index in [1.807, 2.05) is 24.0 Å². The molecule has 0 saturated carbocycles. The van der Waals surface area contributed by atoms with Crippen molar-refractivity contribution in [2.24, 2.45) is 0 Å². The van der Waals surface area contributed by atoms with Crippen molar-refractivity contribution in [1.29, 1.82) is 5.26 Å². The van der Waals surface area contributed by atoms with E-state index < -0.39 is 5.60 Å². The first-order valence-electron chi connectivity index (χ1n) is 5.69. The van der Waals surface area contributed by atoms with Crippen LogP contribution < -0.4 is 4.90 Å². The van der Waals surface area contributed by atoms with Gasteiger partial charge in [0, 0.05) is 13.1 Å². The number of nitrogens with zero attached hydrogens (tertiary/aromatic N) is 2. The number of aliphatic hydroxyl groups is 1. The van der Waals surface area contributed by atoms with Gasteiger partial charge in [-0.1, -0.05) is 17.7 Å². The number of nitriles is 1. The summed E-state index contributed by atoms with van der Waals surface area (Å²) >= 11 is 6.01. The first-order valence-corrected chi connectivity index (χ1v) is 6.07. The molecule has 1 N–H and O–H groups in total. The molecule has 1 heterocycles. The Morgan fingerprint density at radius 3 is 2.94 bits per heavy atom. The summed E-state index contributed by atoms with van der Waals surface area (Å²) < 4.78 is 0. The van der Waals surface area contributed by atoms with E-state index in [0.29, 0.717) is 17.1 Å². The molecule has 1 unspecified atom stereocenters. The quantitative estimate of drug-likeness (QED) is 0.833. The smallest absolute Gasteiger partial charge is 0.103 e. The monoisotopic (exact) mass is 250 g/mol. The molecule has 1 aromatic rings. The normalized spacial score (nSPS) is 24.5. The van der Waals surface area contributed by atoms with Crippen molar-refractivity contribution in [1.82, 2.24) is 0 Å². The van der Waals surface area contributed by atoms with Gasteiger partial charge in [-0.3, -0.25) is 0 Å². The van der Waals surface area contributed by atoms with E-state index in [4.69, 9.17) is 16.9 Å². The fourth-order valence-electron chi connectivity index (χ4n) is 2.31. The fraction of sp³-hybridized carbons (Fsp3) is 0.462. The zero-order valence-electron chi connectivity index (χ0n) is 9.78. The molecule has 17 heavy (non-hydrogen) atoms. The van der Waals surface area contributed by atoms with Gasteiger partial charge in [0.15, 0.2) is 0 Å². The van der Waals surface area contributed by atoms with E-state index >= 15 is 0 Å². The Bertz CT molecular complexity index is 465. The lowest BCUT2D eigenvalue weighted by Gasteiger charge is -2.38. The number of hydrogen-bond acceptors (Lipinski definition) is 3. The minimum Gasteiger partial charge on any atom is -0.388 e. The van der Waals surface area contributed by atoms with Gasteiger partial charge in [0.2, 0.25) is 0 Å². The highest BCUT2D eigenvalue weighted by molar-refractivity contribution is 6.32. The minimum absolute atomic E-state index is 0.468. The number of β-amino-alcohol motifs (C(OH)–C–C–N with tert-alkyl or cyclic N) is 1. The Labute approximate surface area is 106 Å². The van der Waals surface area contributed by atoms with E-state index in [1.165, 1.54) is 0 Å². The lowest BCUT2D eigenvalue weighted by molar-refractivity contribution is 0.0449. The lowest BCUT2D eigenvalue weighted by Crippen LogP contribution is -2.46. The summed E-state index contributed by atoms with van der Waals surface area (Å²) in [5.41, 5.74) is 0.625. The molecule has 1 saturated heterocycles. The van der Waals surface area contributed by atoms with Crippen LogP contribution in [0.25, 0.3) is 0 Å². The van der Waals surface area contributed by atoms with Crippen LogP contribution in [0.4, 0.5) is 5.69 Å². The standard InChI is InChI=1S/C13H15ClN2O/c1-13(17)6-3-7-16(9-13)12-5-2-4-11(14)10(12)8-15/h2,4-5,17H,3,6-7,9H2,1H3. The molecular weight excluding hydrogens is 236 g/mol. The van der Waals surface area contributed by atoms with Crippen molar-refractivity contribution >= 4 is 17.3 Å². The van der Waals surface area contributed by atoms with Crippen molar-refractivity contribution in [3.63, 3.8) is 0 Å². The molecular formula is C13H15ClN2O. The third-order valence-electron chi connectivity index (χ3n) is 3.12. The highest BCUT2D eigenvalue weighted by Crippen LogP contribution is 2.31. The van der Waals surface area contributed by atoms with Crippen LogP contribution in [-0.2, 0) is 0 Å². The van der Waals surface area contributed by atoms with Crippen LogP contribution >= 0.6 is 11.6 Å². The van der Waals surface area contributed by atoms with Crippen molar-refractivity contribution in [2.75, 3.05) is 18.0 Å². The third kappa shape index (κ3) is 2.54. The molecule has 1 aliphatic heterocycles. The van der Waals surface area contributed by atoms with Gasteiger partial charge in [-0.25, -0.2) is 0 Å². The zero-order chi connectivity index (χ0) is 12.5. The highest BCUT2D eigenvalue weighted by Gasteiger charge is 2.29. The number of piperidine rings is 1. The summed E-state index contributed by atoms with van der Waals surface area (Å²) in [5, 5.41) is 19.7. The first-order chi connectivity index (χ1) is 8.03. The van der Waals surface area contributed by atoms with Crippen molar-refractivity contribution < 1.29 is 5.11 Å². The first kappa shape index (κ1) is 12.2. The molecule has 1 aromatic carbocycles. The number of benzene rings is 1. The molecule has 0 aliphatic carbocycles. The maximum Gasteiger partial charge on any atom is 0.103 e. The molecule has 1 atom stereocenters. The van der Waals surface area contributed by atoms with Crippen LogP contribution in [-0.4, -0.2) is 23.8 Å². The Hall–Kier alpha value is -1.24. The molecule has 0 spiro atoms. The average molecular weight is 251 g/mol. The molecule has 90 valence electrons. The maximum atomic E-state index is 10.1. The second-order valence-electron chi connectivity index (χ2n) is 4.77. The van der Waals surface area contributed by atoms with Crippen LogP contribution in [0.15, 0.2) is 18.2 Å². The van der Waals surface area contributed by atoms with Crippen LogP contribution in [0.1, 0.15) is 25.3 Å². The largest absolute Gasteiger partial charge is 0.388 e. The fourth-order valence-corrected chi connectivity index (χ4v) is 2.52. The predicted octanol–water partition coefficient (Wildman–Crippen LogP) is 2.56. The second kappa shape index (κ2) is 4.56. The number of anilines is 1. The molecule has 0 radical (unpaired) electrons. The van der Waals surface area contributed by atoms with Gasteiger partial charge < -0.3 is 10.0 Å². The van der Waals surface area contributed by atoms with E-state index in [0.717, 1.165) is 25.1 Å². The zero-order valence-corrected chi connectivity index (χ0v) is 10.5. The van der Waals surface area contributed by atoms with Gasteiger partial charge in [-0.05, 0) is 31.9 Å². The lowest BCUT2D eigenvalue weighted by atomic mass is 9.94. The number of rotatable bonds is 1. The molecule has 0 aromatic heterocycles. The topological polar surface area (TPSA) is 47.3 Å². The van der Waals surface area contributed by atoms with Crippen molar-refractivity contribution in [3.8, 4) is 6.07 Å². The van der Waals surface area contributed by atoms with E-state index in [-0.39, 0.29) is 0 Å². The second-order valence-corrected chi connectivity index (χ2v) is 5.18. The molecule has 2 rings (SSSR count). The van der Waals surface area contributed by atoms with Crippen LogP contribution in [0.5, 0.6) is 0 Å². The Kier molecular flexibility index (Phi) is 3.28. The minimum atomic E-state index is -0.687. The number of halogens is 1. The van der Waals surface area contributed by atoms with Crippen LogP contribution in [0.2, 0.25) is 5.02 Å². The van der Waals surface area contributed by atoms with Crippen molar-refractivity contribution in [3.05, 3.63) is 28.8 Å². The predicted molar refractivity (Wildman–Crippen MR) is 68.2 cm³/mol. The molecule has 0 amide bonds. The summed E-state index contributed by atoms with van der Waals surface area (Å²) in [4.78, 5) is 2.04. The third-order valence-corrected chi connectivity index (χ3v) is 3.43. The summed E-state index contributed by atoms with van der Waals surface area (Å²) in [6.45, 7) is 3.23. The Morgan fingerprint density at radius 2 is 2.29 bits per heavy atom. The van der Waals surface area contributed by atoms with Gasteiger partial charge in [-0.15, -0.1) is 0 Å². The summed E-state index contributed by atoms with van der Waals surface area (Å²) in [7, 11) is 0. The Morgan fingerprint density at radius 1 is 1.53 bits per heavy atom.